The minimum absolute atomic E-state index is 0.862. The van der Waals surface area contributed by atoms with Crippen LogP contribution in [-0.4, -0.2) is 25.0 Å². The van der Waals surface area contributed by atoms with Gasteiger partial charge in [-0.25, -0.2) is 0 Å². The molecule has 0 amide bonds. The first kappa shape index (κ1) is 14.0. The zero-order valence-electron chi connectivity index (χ0n) is 10.4. The molecule has 2 rings (SSSR count). The molecule has 0 aromatic carbocycles. The van der Waals surface area contributed by atoms with Crippen LogP contribution in [0.2, 0.25) is 4.34 Å². The Morgan fingerprint density at radius 1 is 1.33 bits per heavy atom. The Bertz CT molecular complexity index is 453. The molecule has 2 aromatic rings. The van der Waals surface area contributed by atoms with Crippen LogP contribution in [-0.2, 0) is 13.1 Å². The smallest absolute Gasteiger partial charge is 0.0931 e. The Labute approximate surface area is 121 Å². The van der Waals surface area contributed by atoms with E-state index < -0.39 is 0 Å². The van der Waals surface area contributed by atoms with Crippen molar-refractivity contribution in [2.75, 3.05) is 20.1 Å². The summed E-state index contributed by atoms with van der Waals surface area (Å²) >= 11 is 9.28. The lowest BCUT2D eigenvalue weighted by Gasteiger charge is -2.15. The van der Waals surface area contributed by atoms with Crippen LogP contribution in [0.3, 0.4) is 0 Å². The van der Waals surface area contributed by atoms with Crippen LogP contribution in [0, 0.1) is 0 Å². The van der Waals surface area contributed by atoms with Gasteiger partial charge in [0.15, 0.2) is 0 Å². The molecule has 0 atom stereocenters. The van der Waals surface area contributed by atoms with Crippen LogP contribution in [0.15, 0.2) is 29.0 Å². The summed E-state index contributed by atoms with van der Waals surface area (Å²) in [4.78, 5) is 3.62. The summed E-state index contributed by atoms with van der Waals surface area (Å²) in [6.07, 6.45) is 0. The first-order chi connectivity index (χ1) is 8.74. The second-order valence-electron chi connectivity index (χ2n) is 4.25. The molecule has 1 N–H and O–H groups in total. The molecule has 2 aromatic heterocycles. The summed E-state index contributed by atoms with van der Waals surface area (Å²) < 4.78 is 0.862. The van der Waals surface area contributed by atoms with Crippen molar-refractivity contribution in [3.8, 4) is 0 Å². The molecule has 0 aliphatic heterocycles. The molecular formula is C13H17ClN2S2. The average molecular weight is 301 g/mol. The van der Waals surface area contributed by atoms with Gasteiger partial charge in [0.1, 0.15) is 0 Å². The zero-order valence-corrected chi connectivity index (χ0v) is 12.7. The fourth-order valence-electron chi connectivity index (χ4n) is 1.70. The van der Waals surface area contributed by atoms with E-state index in [0.29, 0.717) is 0 Å². The van der Waals surface area contributed by atoms with E-state index in [0.717, 1.165) is 30.5 Å². The second-order valence-corrected chi connectivity index (χ2v) is 6.83. The highest BCUT2D eigenvalue weighted by Crippen LogP contribution is 2.20. The van der Waals surface area contributed by atoms with E-state index in [4.69, 9.17) is 11.6 Å². The van der Waals surface area contributed by atoms with Gasteiger partial charge in [0, 0.05) is 31.1 Å². The number of rotatable bonds is 7. The molecular weight excluding hydrogens is 284 g/mol. The number of nitrogens with zero attached hydrogens (tertiary/aromatic N) is 1. The third-order valence-corrected chi connectivity index (χ3v) is 4.59. The lowest BCUT2D eigenvalue weighted by Crippen LogP contribution is -2.28. The van der Waals surface area contributed by atoms with Crippen molar-refractivity contribution in [2.45, 2.75) is 13.1 Å². The largest absolute Gasteiger partial charge is 0.311 e. The molecule has 18 heavy (non-hydrogen) atoms. The molecule has 2 heterocycles. The van der Waals surface area contributed by atoms with Gasteiger partial charge in [-0.05, 0) is 41.6 Å². The van der Waals surface area contributed by atoms with Crippen molar-refractivity contribution in [1.29, 1.82) is 0 Å². The van der Waals surface area contributed by atoms with Gasteiger partial charge in [0.05, 0.1) is 4.34 Å². The van der Waals surface area contributed by atoms with Gasteiger partial charge >= 0.3 is 0 Å². The van der Waals surface area contributed by atoms with E-state index in [2.05, 4.69) is 40.2 Å². The highest BCUT2D eigenvalue weighted by molar-refractivity contribution is 7.16. The Balaban J connectivity index is 1.60. The predicted molar refractivity (Wildman–Crippen MR) is 81.7 cm³/mol. The third-order valence-electron chi connectivity index (χ3n) is 2.63. The van der Waals surface area contributed by atoms with Gasteiger partial charge in [0.25, 0.3) is 0 Å². The first-order valence-electron chi connectivity index (χ1n) is 5.88. The fraction of sp³-hybridized carbons (Fsp3) is 0.385. The Morgan fingerprint density at radius 2 is 2.22 bits per heavy atom. The zero-order chi connectivity index (χ0) is 12.8. The molecule has 5 heteroatoms. The number of thiophene rings is 2. The SMILES string of the molecule is CN(CCNCc1ccc(Cl)s1)Cc1ccsc1. The van der Waals surface area contributed by atoms with Crippen molar-refractivity contribution in [3.63, 3.8) is 0 Å². The first-order valence-corrected chi connectivity index (χ1v) is 8.02. The summed E-state index contributed by atoms with van der Waals surface area (Å²) in [5, 5.41) is 7.77. The molecule has 0 radical (unpaired) electrons. The van der Waals surface area contributed by atoms with E-state index in [1.54, 1.807) is 22.7 Å². The van der Waals surface area contributed by atoms with Crippen molar-refractivity contribution in [1.82, 2.24) is 10.2 Å². The maximum Gasteiger partial charge on any atom is 0.0931 e. The molecule has 2 nitrogen and oxygen atoms in total. The predicted octanol–water partition coefficient (Wildman–Crippen LogP) is 3.68. The van der Waals surface area contributed by atoms with E-state index in [1.807, 2.05) is 6.07 Å². The fourth-order valence-corrected chi connectivity index (χ4v) is 3.42. The van der Waals surface area contributed by atoms with Gasteiger partial charge in [-0.3, -0.25) is 0 Å². The minimum Gasteiger partial charge on any atom is -0.311 e. The highest BCUT2D eigenvalue weighted by Gasteiger charge is 2.01. The van der Waals surface area contributed by atoms with Crippen LogP contribution in [0.25, 0.3) is 0 Å². The van der Waals surface area contributed by atoms with Crippen LogP contribution in [0.1, 0.15) is 10.4 Å². The standard InChI is InChI=1S/C13H17ClN2S2/c1-16(9-11-4-7-17-10-11)6-5-15-8-12-2-3-13(14)18-12/h2-4,7,10,15H,5-6,8-9H2,1H3. The summed E-state index contributed by atoms with van der Waals surface area (Å²) in [5.41, 5.74) is 1.40. The number of hydrogen-bond acceptors (Lipinski definition) is 4. The van der Waals surface area contributed by atoms with Gasteiger partial charge in [0.2, 0.25) is 0 Å². The maximum absolute atomic E-state index is 5.89. The summed E-state index contributed by atoms with van der Waals surface area (Å²) in [6.45, 7) is 3.98. The monoisotopic (exact) mass is 300 g/mol. The Hall–Kier alpha value is -0.390. The molecule has 0 saturated heterocycles. The van der Waals surface area contributed by atoms with E-state index >= 15 is 0 Å². The molecule has 0 spiro atoms. The molecule has 0 bridgehead atoms. The van der Waals surface area contributed by atoms with Crippen LogP contribution in [0.4, 0.5) is 0 Å². The lowest BCUT2D eigenvalue weighted by atomic mass is 10.3. The number of halogens is 1. The number of likely N-dealkylation sites (N-methyl/N-ethyl adjacent to an activating group) is 1. The van der Waals surface area contributed by atoms with Gasteiger partial charge < -0.3 is 10.2 Å². The normalized spacial score (nSPS) is 11.3. The topological polar surface area (TPSA) is 15.3 Å². The number of hydrogen-bond donors (Lipinski definition) is 1. The Morgan fingerprint density at radius 3 is 2.89 bits per heavy atom. The highest BCUT2D eigenvalue weighted by atomic mass is 35.5. The molecule has 0 unspecified atom stereocenters. The lowest BCUT2D eigenvalue weighted by molar-refractivity contribution is 0.325. The van der Waals surface area contributed by atoms with E-state index in [-0.39, 0.29) is 0 Å². The van der Waals surface area contributed by atoms with Crippen LogP contribution in [0.5, 0.6) is 0 Å². The molecule has 98 valence electrons. The van der Waals surface area contributed by atoms with Gasteiger partial charge in [-0.1, -0.05) is 11.6 Å². The molecule has 0 aliphatic carbocycles. The summed E-state index contributed by atoms with van der Waals surface area (Å²) in [5.74, 6) is 0. The minimum atomic E-state index is 0.862. The molecule has 0 aliphatic rings. The van der Waals surface area contributed by atoms with E-state index in [9.17, 15) is 0 Å². The number of nitrogens with one attached hydrogen (secondary N) is 1. The van der Waals surface area contributed by atoms with Crippen LogP contribution >= 0.6 is 34.3 Å². The van der Waals surface area contributed by atoms with Crippen LogP contribution < -0.4 is 5.32 Å². The second kappa shape index (κ2) is 7.26. The summed E-state index contributed by atoms with van der Waals surface area (Å²) in [7, 11) is 2.15. The average Bonchev–Trinajstić information content (AvgIpc) is 2.96. The quantitative estimate of drug-likeness (QED) is 0.785. The van der Waals surface area contributed by atoms with Gasteiger partial charge in [-0.2, -0.15) is 11.3 Å². The van der Waals surface area contributed by atoms with Crippen molar-refractivity contribution in [3.05, 3.63) is 43.7 Å². The van der Waals surface area contributed by atoms with Crippen molar-refractivity contribution >= 4 is 34.3 Å². The van der Waals surface area contributed by atoms with E-state index in [1.165, 1.54) is 10.4 Å². The summed E-state index contributed by atoms with van der Waals surface area (Å²) in [6, 6.07) is 6.21. The third kappa shape index (κ3) is 4.71. The Kier molecular flexibility index (Phi) is 5.66. The van der Waals surface area contributed by atoms with Gasteiger partial charge in [-0.15, -0.1) is 11.3 Å². The maximum atomic E-state index is 5.89. The molecule has 0 saturated carbocycles. The van der Waals surface area contributed by atoms with Crippen molar-refractivity contribution < 1.29 is 0 Å². The molecule has 0 fully saturated rings. The van der Waals surface area contributed by atoms with Crippen molar-refractivity contribution in [2.24, 2.45) is 0 Å².